The van der Waals surface area contributed by atoms with Crippen LogP contribution in [0, 0.1) is 35.6 Å². The van der Waals surface area contributed by atoms with E-state index < -0.39 is 0 Å². The Bertz CT molecular complexity index is 8.00. The average molecular weight is 424 g/mol. The molecule has 0 N–H and O–H groups in total. The van der Waals surface area contributed by atoms with Gasteiger partial charge in [-0.15, -0.1) is 0 Å². The first kappa shape index (κ1) is 29.4. The fourth-order valence-corrected chi connectivity index (χ4v) is 0. The summed E-state index contributed by atoms with van der Waals surface area (Å²) >= 11 is 0. The van der Waals surface area contributed by atoms with E-state index in [9.17, 15) is 0 Å². The van der Waals surface area contributed by atoms with Gasteiger partial charge in [-0.1, -0.05) is 0 Å². The summed E-state index contributed by atoms with van der Waals surface area (Å²) in [6.45, 7) is 0. The molecule has 0 aliphatic rings. The summed E-state index contributed by atoms with van der Waals surface area (Å²) in [6, 6.07) is 0. The van der Waals surface area contributed by atoms with Gasteiger partial charge in [0.2, 0.25) is 0 Å². The molecule has 0 amide bonds. The van der Waals surface area contributed by atoms with Gasteiger partial charge in [0, 0.05) is 89.7 Å². The second-order valence-corrected chi connectivity index (χ2v) is 0. The zero-order valence-corrected chi connectivity index (χ0v) is 12.4. The summed E-state index contributed by atoms with van der Waals surface area (Å²) in [6.07, 6.45) is 0. The van der Waals surface area contributed by atoms with Crippen LogP contribution in [0.3, 0.4) is 0 Å². The van der Waals surface area contributed by atoms with Crippen LogP contribution in [0.25, 0.3) is 0 Å². The van der Waals surface area contributed by atoms with E-state index in [4.69, 9.17) is 0 Å². The van der Waals surface area contributed by atoms with Crippen LogP contribution >= 0.6 is 0 Å². The standard InChI is InChI=1S/B.Bi.La.Zn. The number of rotatable bonds is 0. The van der Waals surface area contributed by atoms with Gasteiger partial charge in [-0.3, -0.25) is 0 Å². The van der Waals surface area contributed by atoms with Crippen molar-refractivity contribution in [1.29, 1.82) is 0 Å². The van der Waals surface area contributed by atoms with Crippen molar-refractivity contribution in [2.24, 2.45) is 0 Å². The normalized spacial score (nSPS) is 0. The first-order valence-electron chi connectivity index (χ1n) is 0. The number of hydrogen-bond donors (Lipinski definition) is 0. The Morgan fingerprint density at radius 2 is 1.00 bits per heavy atom. The maximum absolute atomic E-state index is 0. The zero-order chi connectivity index (χ0) is 0. The molecule has 0 aliphatic carbocycles. The Morgan fingerprint density at radius 3 is 1.00 bits per heavy atom. The van der Waals surface area contributed by atoms with Gasteiger partial charge >= 0.3 is 0 Å². The van der Waals surface area contributed by atoms with Crippen LogP contribution in [-0.4, -0.2) is 34.6 Å². The molecule has 13 valence electrons. The molecule has 0 saturated heterocycles. The third-order valence-corrected chi connectivity index (χ3v) is 0. The van der Waals surface area contributed by atoms with Gasteiger partial charge in [0.25, 0.3) is 0 Å². The van der Waals surface area contributed by atoms with Gasteiger partial charge in [0.15, 0.2) is 0 Å². The Morgan fingerprint density at radius 1 is 1.00 bits per heavy atom. The second-order valence-electron chi connectivity index (χ2n) is 0. The summed E-state index contributed by atoms with van der Waals surface area (Å²) < 4.78 is 0. The Labute approximate surface area is 87.9 Å². The molecule has 0 aromatic carbocycles. The van der Waals surface area contributed by atoms with Gasteiger partial charge in [-0.2, -0.15) is 0 Å². The van der Waals surface area contributed by atoms with Crippen molar-refractivity contribution in [3.8, 4) is 0 Å². The molecule has 0 spiro atoms. The predicted octanol–water partition coefficient (Wildman–Crippen LogP) is -0.764. The van der Waals surface area contributed by atoms with Crippen LogP contribution in [0.15, 0.2) is 0 Å². The molecular formula is BBiLaZn. The second kappa shape index (κ2) is 17.1. The molecule has 0 heterocycles. The molecule has 0 atom stereocenters. The van der Waals surface area contributed by atoms with E-state index in [1.807, 2.05) is 0 Å². The van der Waals surface area contributed by atoms with Crippen molar-refractivity contribution in [3.63, 3.8) is 0 Å². The Hall–Kier alpha value is 2.77. The van der Waals surface area contributed by atoms with E-state index in [2.05, 4.69) is 0 Å². The van der Waals surface area contributed by atoms with Crippen molar-refractivity contribution >= 4 is 34.6 Å². The van der Waals surface area contributed by atoms with E-state index in [1.165, 1.54) is 0 Å². The topological polar surface area (TPSA) is 0 Å². The van der Waals surface area contributed by atoms with E-state index in [-0.39, 0.29) is 89.7 Å². The van der Waals surface area contributed by atoms with Crippen molar-refractivity contribution in [1.82, 2.24) is 0 Å². The number of hydrogen-bond acceptors (Lipinski definition) is 0. The van der Waals surface area contributed by atoms with Crippen LogP contribution in [0.5, 0.6) is 0 Å². The van der Waals surface area contributed by atoms with Crippen molar-refractivity contribution in [3.05, 3.63) is 0 Å². The summed E-state index contributed by atoms with van der Waals surface area (Å²) in [5, 5.41) is 0. The Kier molecular flexibility index (Phi) is 126. The minimum atomic E-state index is 0. The van der Waals surface area contributed by atoms with E-state index in [1.54, 1.807) is 0 Å². The molecule has 0 nitrogen and oxygen atoms in total. The first-order chi connectivity index (χ1) is 0. The SMILES string of the molecule is [B].[Bi].[La].[Zn]. The fraction of sp³-hybridized carbons (Fsp3) is 0. The van der Waals surface area contributed by atoms with Crippen LogP contribution < -0.4 is 0 Å². The van der Waals surface area contributed by atoms with Gasteiger partial charge in [0.05, 0.1) is 0 Å². The molecule has 0 aromatic rings. The smallest absolute Gasteiger partial charge is 0 e. The maximum Gasteiger partial charge on any atom is 0 e. The molecule has 7 radical (unpaired) electrons. The quantitative estimate of drug-likeness (QED) is 0.449. The summed E-state index contributed by atoms with van der Waals surface area (Å²) in [5.74, 6) is 0. The molecule has 0 saturated carbocycles. The third-order valence-electron chi connectivity index (χ3n) is 0. The Balaban J connectivity index is 0. The van der Waals surface area contributed by atoms with E-state index in [0.717, 1.165) is 0 Å². The first-order valence-corrected chi connectivity index (χ1v) is 0. The summed E-state index contributed by atoms with van der Waals surface area (Å²) in [4.78, 5) is 0. The molecule has 0 rings (SSSR count). The van der Waals surface area contributed by atoms with Crippen molar-refractivity contribution < 1.29 is 55.1 Å². The van der Waals surface area contributed by atoms with Crippen LogP contribution in [0.4, 0.5) is 0 Å². The third kappa shape index (κ3) is 8.84. The molecule has 4 heteroatoms. The van der Waals surface area contributed by atoms with Crippen molar-refractivity contribution in [2.45, 2.75) is 0 Å². The maximum atomic E-state index is 0. The van der Waals surface area contributed by atoms with E-state index >= 15 is 0 Å². The molecule has 0 aliphatic heterocycles. The van der Waals surface area contributed by atoms with Crippen LogP contribution in [0.1, 0.15) is 0 Å². The monoisotopic (exact) mass is 423 g/mol. The summed E-state index contributed by atoms with van der Waals surface area (Å²) in [5.41, 5.74) is 0. The minimum absolute atomic E-state index is 0. The minimum Gasteiger partial charge on any atom is 0 e. The van der Waals surface area contributed by atoms with E-state index in [0.29, 0.717) is 0 Å². The van der Waals surface area contributed by atoms with Gasteiger partial charge in [-0.25, -0.2) is 0 Å². The average Bonchev–Trinajstić information content (AvgIpc) is 0. The van der Waals surface area contributed by atoms with Crippen molar-refractivity contribution in [2.75, 3.05) is 0 Å². The molecule has 0 fully saturated rings. The fourth-order valence-electron chi connectivity index (χ4n) is 0. The predicted molar refractivity (Wildman–Crippen MR) is 11.5 cm³/mol. The van der Waals surface area contributed by atoms with Gasteiger partial charge < -0.3 is 0 Å². The molecule has 0 aromatic heterocycles. The molecule has 0 bridgehead atoms. The molecule has 4 heavy (non-hydrogen) atoms. The van der Waals surface area contributed by atoms with Crippen LogP contribution in [0.2, 0.25) is 0 Å². The largest absolute Gasteiger partial charge is 0 e. The molecular weight excluding hydrogens is 424 g/mol. The van der Waals surface area contributed by atoms with Gasteiger partial charge in [0.1, 0.15) is 0 Å². The molecule has 0 unspecified atom stereocenters. The summed E-state index contributed by atoms with van der Waals surface area (Å²) in [7, 11) is 0. The zero-order valence-electron chi connectivity index (χ0n) is 2.31. The van der Waals surface area contributed by atoms with Crippen LogP contribution in [-0.2, 0) is 19.5 Å². The van der Waals surface area contributed by atoms with Gasteiger partial charge in [-0.05, 0) is 0 Å².